The first-order valence-corrected chi connectivity index (χ1v) is 10.5. The number of phosphoric ester groups is 1. The Morgan fingerprint density at radius 1 is 0.818 bits per heavy atom. The fraction of sp³-hybridized carbons (Fsp3) is 1.00. The Labute approximate surface area is 137 Å². The number of nitrogens with zero attached hydrogens (tertiary/aromatic N) is 1. The molecule has 0 saturated carbocycles. The van der Waals surface area contributed by atoms with Gasteiger partial charge in [0, 0.05) is 0 Å². The van der Waals surface area contributed by atoms with Gasteiger partial charge in [-0.05, 0) is 25.7 Å². The molecule has 0 radical (unpaired) electrons. The first kappa shape index (κ1) is 22.1. The molecule has 0 fully saturated rings. The number of hydrogen-bond donors (Lipinski definition) is 1. The van der Waals surface area contributed by atoms with E-state index in [0.29, 0.717) is 0 Å². The maximum atomic E-state index is 12.3. The van der Waals surface area contributed by atoms with Gasteiger partial charge in [0.15, 0.2) is 0 Å². The van der Waals surface area contributed by atoms with Crippen molar-refractivity contribution in [1.29, 1.82) is 0 Å². The molecule has 0 amide bonds. The predicted octanol–water partition coefficient (Wildman–Crippen LogP) is 5.05. The molecule has 0 spiro atoms. The van der Waals surface area contributed by atoms with Crippen molar-refractivity contribution >= 4 is 7.82 Å². The smallest absolute Gasteiger partial charge is 0.300 e. The summed E-state index contributed by atoms with van der Waals surface area (Å²) in [4.78, 5) is 10.1. The van der Waals surface area contributed by atoms with Crippen molar-refractivity contribution in [2.45, 2.75) is 79.1 Å². The van der Waals surface area contributed by atoms with Crippen LogP contribution in [-0.2, 0) is 13.7 Å². The number of quaternary nitrogens is 1. The van der Waals surface area contributed by atoms with Gasteiger partial charge in [0.2, 0.25) is 0 Å². The molecule has 0 aliphatic heterocycles. The Kier molecular flexibility index (Phi) is 12.5. The number of unbranched alkanes of at least 4 members (excludes halogenated alkanes) is 4. The zero-order valence-electron chi connectivity index (χ0n) is 15.1. The Morgan fingerprint density at radius 3 is 1.59 bits per heavy atom. The summed E-state index contributed by atoms with van der Waals surface area (Å²) >= 11 is 0. The van der Waals surface area contributed by atoms with E-state index in [1.165, 1.54) is 0 Å². The van der Waals surface area contributed by atoms with Crippen LogP contribution in [0.5, 0.6) is 0 Å². The van der Waals surface area contributed by atoms with Crippen molar-refractivity contribution in [3.05, 3.63) is 0 Å². The Hall–Kier alpha value is 0.0700. The van der Waals surface area contributed by atoms with Crippen molar-refractivity contribution < 1.29 is 23.3 Å². The summed E-state index contributed by atoms with van der Waals surface area (Å²) in [6.07, 6.45) is 7.82. The molecule has 22 heavy (non-hydrogen) atoms. The van der Waals surface area contributed by atoms with Crippen molar-refractivity contribution in [2.75, 3.05) is 26.2 Å². The number of rotatable bonds is 15. The van der Waals surface area contributed by atoms with Gasteiger partial charge in [-0.15, -0.1) is 0 Å². The molecule has 6 heteroatoms. The Balaban J connectivity index is 4.92. The summed E-state index contributed by atoms with van der Waals surface area (Å²) in [5, 5.41) is 0. The summed E-state index contributed by atoms with van der Waals surface area (Å²) in [7, 11) is -3.99. The Bertz CT molecular complexity index is 291. The predicted molar refractivity (Wildman–Crippen MR) is 91.4 cm³/mol. The molecule has 5 nitrogen and oxygen atoms in total. The highest BCUT2D eigenvalue weighted by atomic mass is 31.2. The molecule has 1 unspecified atom stereocenters. The van der Waals surface area contributed by atoms with Crippen LogP contribution in [0.25, 0.3) is 0 Å². The standard InChI is InChI=1S/C16H36NO4P/c1-5-9-13-17(14-10-6-2,15-11-7-3)21-22(18,19)20-16-12-8-4/h5-16H2,1-4H3/p+1. The third-order valence-electron chi connectivity index (χ3n) is 3.79. The van der Waals surface area contributed by atoms with E-state index in [-0.39, 0.29) is 11.3 Å². The fourth-order valence-corrected chi connectivity index (χ4v) is 3.45. The van der Waals surface area contributed by atoms with Crippen molar-refractivity contribution in [1.82, 2.24) is 0 Å². The van der Waals surface area contributed by atoms with Gasteiger partial charge in [0.25, 0.3) is 0 Å². The molecule has 0 saturated heterocycles. The van der Waals surface area contributed by atoms with Crippen LogP contribution >= 0.6 is 7.82 Å². The van der Waals surface area contributed by atoms with Gasteiger partial charge in [-0.3, -0.25) is 9.42 Å². The fourth-order valence-electron chi connectivity index (χ4n) is 2.36. The highest BCUT2D eigenvalue weighted by Crippen LogP contribution is 2.47. The van der Waals surface area contributed by atoms with Crippen molar-refractivity contribution in [2.24, 2.45) is 0 Å². The van der Waals surface area contributed by atoms with Gasteiger partial charge < -0.3 is 0 Å². The van der Waals surface area contributed by atoms with Crippen LogP contribution in [0.3, 0.4) is 0 Å². The van der Waals surface area contributed by atoms with Crippen LogP contribution in [0.2, 0.25) is 0 Å². The Morgan fingerprint density at radius 2 is 1.23 bits per heavy atom. The van der Waals surface area contributed by atoms with Crippen molar-refractivity contribution in [3.63, 3.8) is 0 Å². The van der Waals surface area contributed by atoms with Crippen LogP contribution in [0.1, 0.15) is 79.1 Å². The van der Waals surface area contributed by atoms with Crippen LogP contribution in [0.4, 0.5) is 0 Å². The van der Waals surface area contributed by atoms with Crippen molar-refractivity contribution in [3.8, 4) is 0 Å². The van der Waals surface area contributed by atoms with E-state index in [0.717, 1.165) is 71.0 Å². The lowest BCUT2D eigenvalue weighted by Gasteiger charge is -2.35. The minimum Gasteiger partial charge on any atom is -0.300 e. The highest BCUT2D eigenvalue weighted by Gasteiger charge is 2.38. The molecule has 1 N–H and O–H groups in total. The molecule has 0 aromatic rings. The number of hydrogen-bond acceptors (Lipinski definition) is 3. The topological polar surface area (TPSA) is 55.8 Å². The van der Waals surface area contributed by atoms with E-state index >= 15 is 0 Å². The summed E-state index contributed by atoms with van der Waals surface area (Å²) in [6, 6.07) is 0. The van der Waals surface area contributed by atoms with E-state index in [2.05, 4.69) is 20.8 Å². The molecule has 0 bridgehead atoms. The summed E-state index contributed by atoms with van der Waals surface area (Å²) in [6.45, 7) is 11.0. The first-order chi connectivity index (χ1) is 10.4. The minimum absolute atomic E-state index is 0.259. The zero-order valence-corrected chi connectivity index (χ0v) is 15.9. The zero-order chi connectivity index (χ0) is 16.9. The van der Waals surface area contributed by atoms with Gasteiger partial charge in [0.1, 0.15) is 19.6 Å². The van der Waals surface area contributed by atoms with Gasteiger partial charge >= 0.3 is 7.82 Å². The van der Waals surface area contributed by atoms with Crippen LogP contribution < -0.4 is 0 Å². The van der Waals surface area contributed by atoms with E-state index in [9.17, 15) is 9.46 Å². The van der Waals surface area contributed by atoms with E-state index in [1.807, 2.05) is 6.92 Å². The second kappa shape index (κ2) is 12.5. The maximum Gasteiger partial charge on any atom is 0.518 e. The first-order valence-electron chi connectivity index (χ1n) is 9.00. The molecule has 0 aromatic heterocycles. The SMILES string of the molecule is CCCCOP(=O)(O)O[N+](CCCC)(CCCC)CCCC. The largest absolute Gasteiger partial charge is 0.518 e. The molecule has 0 heterocycles. The molecule has 0 aromatic carbocycles. The lowest BCUT2D eigenvalue weighted by Crippen LogP contribution is -2.49. The highest BCUT2D eigenvalue weighted by molar-refractivity contribution is 7.47. The number of phosphoric acid groups is 1. The summed E-state index contributed by atoms with van der Waals surface area (Å²) in [5.41, 5.74) is 0. The second-order valence-electron chi connectivity index (χ2n) is 6.03. The molecule has 0 rings (SSSR count). The van der Waals surface area contributed by atoms with Crippen LogP contribution in [0.15, 0.2) is 0 Å². The molecular formula is C16H37NO4P+. The lowest BCUT2D eigenvalue weighted by molar-refractivity contribution is -1.08. The van der Waals surface area contributed by atoms with E-state index < -0.39 is 7.82 Å². The number of hydroxylamine groups is 3. The minimum atomic E-state index is -3.99. The van der Waals surface area contributed by atoms with Gasteiger partial charge in [0.05, 0.1) is 6.61 Å². The van der Waals surface area contributed by atoms with Crippen LogP contribution in [-0.4, -0.2) is 35.8 Å². The lowest BCUT2D eigenvalue weighted by atomic mass is 10.2. The second-order valence-corrected chi connectivity index (χ2v) is 7.39. The van der Waals surface area contributed by atoms with E-state index in [4.69, 9.17) is 9.15 Å². The van der Waals surface area contributed by atoms with Gasteiger partial charge in [-0.25, -0.2) is 4.57 Å². The molecular weight excluding hydrogens is 301 g/mol. The molecule has 0 aliphatic rings. The molecule has 1 atom stereocenters. The quantitative estimate of drug-likeness (QED) is 0.196. The van der Waals surface area contributed by atoms with Crippen LogP contribution in [0, 0.1) is 0 Å². The van der Waals surface area contributed by atoms with E-state index in [1.54, 1.807) is 0 Å². The third kappa shape index (κ3) is 9.96. The monoisotopic (exact) mass is 338 g/mol. The third-order valence-corrected chi connectivity index (χ3v) is 4.85. The molecule has 0 aliphatic carbocycles. The average Bonchev–Trinajstić information content (AvgIpc) is 2.48. The maximum absolute atomic E-state index is 12.3. The van der Waals surface area contributed by atoms with Gasteiger partial charge in [-0.1, -0.05) is 58.0 Å². The van der Waals surface area contributed by atoms with Gasteiger partial charge in [-0.2, -0.15) is 4.65 Å². The normalized spacial score (nSPS) is 15.0. The molecule has 134 valence electrons. The average molecular weight is 338 g/mol. The summed E-state index contributed by atoms with van der Waals surface area (Å²) in [5.74, 6) is 0. The summed E-state index contributed by atoms with van der Waals surface area (Å²) < 4.78 is 23.4.